The van der Waals surface area contributed by atoms with Gasteiger partial charge in [-0.1, -0.05) is 12.1 Å². The van der Waals surface area contributed by atoms with Crippen molar-refractivity contribution in [2.24, 2.45) is 5.73 Å². The molecular formula is C19H25N5O3. The molecule has 0 saturated carbocycles. The molecule has 2 saturated heterocycles. The summed E-state index contributed by atoms with van der Waals surface area (Å²) in [5.74, 6) is 0.613. The number of hydrogen-bond donors (Lipinski definition) is 2. The average Bonchev–Trinajstić information content (AvgIpc) is 2.68. The van der Waals surface area contributed by atoms with E-state index >= 15 is 0 Å². The third kappa shape index (κ3) is 4.02. The Morgan fingerprint density at radius 1 is 1.30 bits per heavy atom. The largest absolute Gasteiger partial charge is 0.366 e. The van der Waals surface area contributed by atoms with Gasteiger partial charge in [-0.05, 0) is 25.0 Å². The molecule has 2 aliphatic rings. The van der Waals surface area contributed by atoms with Crippen molar-refractivity contribution in [3.05, 3.63) is 40.4 Å². The standard InChI is InChI=1S/C19H25N5O3/c20-13-4-3-7-24(10-13)19(26)16-11-23(8-9-27-16)12-17-21-15-6-2-1-5-14(15)18(25)22-17/h1-2,5-6,13,16H,3-4,7-12,20H2,(H,21,22,25)/t13-,16+/m1/s1. The summed E-state index contributed by atoms with van der Waals surface area (Å²) in [5.41, 5.74) is 6.53. The van der Waals surface area contributed by atoms with E-state index in [1.165, 1.54) is 0 Å². The summed E-state index contributed by atoms with van der Waals surface area (Å²) in [5, 5.41) is 0.581. The van der Waals surface area contributed by atoms with Crippen molar-refractivity contribution in [1.29, 1.82) is 0 Å². The summed E-state index contributed by atoms with van der Waals surface area (Å²) in [6, 6.07) is 7.33. The number of H-pyrrole nitrogens is 1. The van der Waals surface area contributed by atoms with Crippen LogP contribution in [0.4, 0.5) is 0 Å². The van der Waals surface area contributed by atoms with E-state index in [9.17, 15) is 9.59 Å². The molecule has 8 nitrogen and oxygen atoms in total. The first-order valence-corrected chi connectivity index (χ1v) is 9.46. The highest BCUT2D eigenvalue weighted by atomic mass is 16.5. The quantitative estimate of drug-likeness (QED) is 0.791. The van der Waals surface area contributed by atoms with Crippen LogP contribution < -0.4 is 11.3 Å². The maximum absolute atomic E-state index is 12.8. The molecule has 2 atom stereocenters. The molecule has 3 N–H and O–H groups in total. The number of piperidine rings is 1. The van der Waals surface area contributed by atoms with E-state index in [1.807, 2.05) is 23.1 Å². The number of nitrogens with two attached hydrogens (primary N) is 1. The molecule has 1 aromatic heterocycles. The van der Waals surface area contributed by atoms with Crippen LogP contribution in [0, 0.1) is 0 Å². The Morgan fingerprint density at radius 2 is 2.15 bits per heavy atom. The van der Waals surface area contributed by atoms with E-state index in [0.717, 1.165) is 19.4 Å². The molecule has 3 heterocycles. The number of amides is 1. The number of nitrogens with zero attached hydrogens (tertiary/aromatic N) is 3. The molecule has 0 radical (unpaired) electrons. The zero-order chi connectivity index (χ0) is 18.8. The van der Waals surface area contributed by atoms with Crippen LogP contribution >= 0.6 is 0 Å². The highest BCUT2D eigenvalue weighted by Crippen LogP contribution is 2.15. The molecular weight excluding hydrogens is 346 g/mol. The molecule has 0 spiro atoms. The average molecular weight is 371 g/mol. The normalized spacial score (nSPS) is 24.3. The van der Waals surface area contributed by atoms with Gasteiger partial charge in [-0.2, -0.15) is 0 Å². The van der Waals surface area contributed by atoms with Crippen molar-refractivity contribution >= 4 is 16.8 Å². The third-order valence-corrected chi connectivity index (χ3v) is 5.23. The van der Waals surface area contributed by atoms with Gasteiger partial charge in [0, 0.05) is 32.2 Å². The Balaban J connectivity index is 1.44. The zero-order valence-electron chi connectivity index (χ0n) is 15.3. The SMILES string of the molecule is N[C@@H]1CCCN(C(=O)[C@@H]2CN(Cc3nc4ccccc4c(=O)[nH]3)CCO2)C1. The number of carbonyl (C=O) groups excluding carboxylic acids is 1. The molecule has 144 valence electrons. The topological polar surface area (TPSA) is 105 Å². The molecule has 0 bridgehead atoms. The second-order valence-electron chi connectivity index (χ2n) is 7.31. The number of para-hydroxylation sites is 1. The van der Waals surface area contributed by atoms with Crippen LogP contribution in [0.15, 0.2) is 29.1 Å². The first kappa shape index (κ1) is 18.1. The van der Waals surface area contributed by atoms with E-state index < -0.39 is 6.10 Å². The summed E-state index contributed by atoms with van der Waals surface area (Å²) >= 11 is 0. The lowest BCUT2D eigenvalue weighted by Crippen LogP contribution is -2.54. The second kappa shape index (κ2) is 7.75. The van der Waals surface area contributed by atoms with Gasteiger partial charge in [0.15, 0.2) is 0 Å². The van der Waals surface area contributed by atoms with Crippen molar-refractivity contribution < 1.29 is 9.53 Å². The van der Waals surface area contributed by atoms with Crippen molar-refractivity contribution in [2.75, 3.05) is 32.8 Å². The van der Waals surface area contributed by atoms with Gasteiger partial charge in [0.2, 0.25) is 0 Å². The van der Waals surface area contributed by atoms with Crippen molar-refractivity contribution in [1.82, 2.24) is 19.8 Å². The van der Waals surface area contributed by atoms with Gasteiger partial charge in [-0.25, -0.2) is 4.98 Å². The molecule has 2 aromatic rings. The van der Waals surface area contributed by atoms with Gasteiger partial charge >= 0.3 is 0 Å². The zero-order valence-corrected chi connectivity index (χ0v) is 15.3. The van der Waals surface area contributed by atoms with E-state index in [0.29, 0.717) is 49.5 Å². The van der Waals surface area contributed by atoms with Crippen LogP contribution in [-0.2, 0) is 16.1 Å². The Bertz CT molecular complexity index is 883. The molecule has 0 unspecified atom stereocenters. The Morgan fingerprint density at radius 3 is 3.00 bits per heavy atom. The monoisotopic (exact) mass is 371 g/mol. The Labute approximate surface area is 157 Å². The fraction of sp³-hybridized carbons (Fsp3) is 0.526. The lowest BCUT2D eigenvalue weighted by atomic mass is 10.1. The number of rotatable bonds is 3. The van der Waals surface area contributed by atoms with E-state index in [-0.39, 0.29) is 17.5 Å². The van der Waals surface area contributed by atoms with E-state index in [2.05, 4.69) is 14.9 Å². The molecule has 2 fully saturated rings. The van der Waals surface area contributed by atoms with Crippen LogP contribution in [0.2, 0.25) is 0 Å². The second-order valence-corrected chi connectivity index (χ2v) is 7.31. The summed E-state index contributed by atoms with van der Waals surface area (Å²) < 4.78 is 5.72. The number of carbonyl (C=O) groups is 1. The van der Waals surface area contributed by atoms with Crippen LogP contribution in [-0.4, -0.2) is 70.6 Å². The minimum atomic E-state index is -0.490. The van der Waals surface area contributed by atoms with Crippen LogP contribution in [0.1, 0.15) is 18.7 Å². The number of nitrogens with one attached hydrogen (secondary N) is 1. The fourth-order valence-electron chi connectivity index (χ4n) is 3.83. The fourth-order valence-corrected chi connectivity index (χ4v) is 3.83. The summed E-state index contributed by atoms with van der Waals surface area (Å²) in [4.78, 5) is 36.3. The van der Waals surface area contributed by atoms with Gasteiger partial charge in [-0.3, -0.25) is 14.5 Å². The number of ether oxygens (including phenoxy) is 1. The van der Waals surface area contributed by atoms with Gasteiger partial charge in [0.05, 0.1) is 24.1 Å². The Hall–Kier alpha value is -2.29. The highest BCUT2D eigenvalue weighted by molar-refractivity contribution is 5.81. The molecule has 4 rings (SSSR count). The minimum absolute atomic E-state index is 0.00909. The molecule has 8 heteroatoms. The third-order valence-electron chi connectivity index (χ3n) is 5.23. The number of morpholine rings is 1. The maximum atomic E-state index is 12.8. The molecule has 1 aromatic carbocycles. The lowest BCUT2D eigenvalue weighted by molar-refractivity contribution is -0.151. The van der Waals surface area contributed by atoms with Gasteiger partial charge in [0.1, 0.15) is 11.9 Å². The number of likely N-dealkylation sites (tertiary alicyclic amines) is 1. The predicted octanol–water partition coefficient (Wildman–Crippen LogP) is 0.0736. The Kier molecular flexibility index (Phi) is 5.20. The van der Waals surface area contributed by atoms with Gasteiger partial charge in [-0.15, -0.1) is 0 Å². The predicted molar refractivity (Wildman–Crippen MR) is 101 cm³/mol. The maximum Gasteiger partial charge on any atom is 0.258 e. The number of aromatic nitrogens is 2. The van der Waals surface area contributed by atoms with Crippen molar-refractivity contribution in [3.63, 3.8) is 0 Å². The summed E-state index contributed by atoms with van der Waals surface area (Å²) in [6.45, 7) is 3.48. The number of fused-ring (bicyclic) bond motifs is 1. The highest BCUT2D eigenvalue weighted by Gasteiger charge is 2.32. The smallest absolute Gasteiger partial charge is 0.258 e. The first-order chi connectivity index (χ1) is 13.1. The van der Waals surface area contributed by atoms with Gasteiger partial charge < -0.3 is 20.4 Å². The number of hydrogen-bond acceptors (Lipinski definition) is 6. The molecule has 1 amide bonds. The molecule has 2 aliphatic heterocycles. The van der Waals surface area contributed by atoms with Crippen LogP contribution in [0.5, 0.6) is 0 Å². The lowest BCUT2D eigenvalue weighted by Gasteiger charge is -2.37. The first-order valence-electron chi connectivity index (χ1n) is 9.46. The minimum Gasteiger partial charge on any atom is -0.366 e. The van der Waals surface area contributed by atoms with Crippen LogP contribution in [0.3, 0.4) is 0 Å². The number of aromatic amines is 1. The summed E-state index contributed by atoms with van der Waals surface area (Å²) in [6.07, 6.45) is 1.41. The number of benzene rings is 1. The molecule has 0 aliphatic carbocycles. The van der Waals surface area contributed by atoms with Crippen molar-refractivity contribution in [2.45, 2.75) is 31.5 Å². The van der Waals surface area contributed by atoms with E-state index in [1.54, 1.807) is 6.07 Å². The van der Waals surface area contributed by atoms with E-state index in [4.69, 9.17) is 10.5 Å². The van der Waals surface area contributed by atoms with Crippen molar-refractivity contribution in [3.8, 4) is 0 Å². The summed E-state index contributed by atoms with van der Waals surface area (Å²) in [7, 11) is 0. The molecule has 27 heavy (non-hydrogen) atoms. The van der Waals surface area contributed by atoms with Gasteiger partial charge in [0.25, 0.3) is 11.5 Å². The van der Waals surface area contributed by atoms with Crippen LogP contribution in [0.25, 0.3) is 10.9 Å².